The van der Waals surface area contributed by atoms with Crippen molar-refractivity contribution in [3.8, 4) is 5.75 Å². The predicted molar refractivity (Wildman–Crippen MR) is 73.0 cm³/mol. The molecule has 0 radical (unpaired) electrons. The zero-order valence-electron chi connectivity index (χ0n) is 11.3. The van der Waals surface area contributed by atoms with E-state index in [4.69, 9.17) is 9.47 Å². The average molecular weight is 249 g/mol. The first-order chi connectivity index (χ1) is 8.79. The normalized spacial score (nSPS) is 20.9. The molecule has 1 aromatic rings. The largest absolute Gasteiger partial charge is 0.494 e. The number of hydrogen-bond acceptors (Lipinski definition) is 3. The number of rotatable bonds is 6. The van der Waals surface area contributed by atoms with Crippen LogP contribution in [-0.2, 0) is 4.74 Å². The summed E-state index contributed by atoms with van der Waals surface area (Å²) in [6.45, 7) is 6.74. The van der Waals surface area contributed by atoms with E-state index in [1.165, 1.54) is 18.4 Å². The van der Waals surface area contributed by atoms with Gasteiger partial charge in [-0.2, -0.15) is 0 Å². The van der Waals surface area contributed by atoms with E-state index in [1.807, 2.05) is 19.1 Å². The molecule has 1 fully saturated rings. The molecule has 1 heterocycles. The molecular formula is C15H23NO2. The Morgan fingerprint density at radius 2 is 2.39 bits per heavy atom. The van der Waals surface area contributed by atoms with E-state index in [2.05, 4.69) is 24.4 Å². The minimum absolute atomic E-state index is 0.328. The monoisotopic (exact) mass is 249 g/mol. The van der Waals surface area contributed by atoms with Gasteiger partial charge < -0.3 is 14.8 Å². The van der Waals surface area contributed by atoms with Crippen molar-refractivity contribution in [3.05, 3.63) is 29.8 Å². The third kappa shape index (κ3) is 3.72. The second-order valence-corrected chi connectivity index (χ2v) is 4.77. The van der Waals surface area contributed by atoms with Gasteiger partial charge in [0.25, 0.3) is 0 Å². The van der Waals surface area contributed by atoms with Gasteiger partial charge in [-0.25, -0.2) is 0 Å². The maximum absolute atomic E-state index is 5.61. The van der Waals surface area contributed by atoms with E-state index in [-0.39, 0.29) is 0 Å². The first-order valence-corrected chi connectivity index (χ1v) is 6.87. The van der Waals surface area contributed by atoms with Gasteiger partial charge in [-0.1, -0.05) is 12.1 Å². The maximum atomic E-state index is 5.61. The molecule has 0 bridgehead atoms. The third-order valence-corrected chi connectivity index (χ3v) is 3.34. The number of ether oxygens (including phenoxy) is 2. The molecule has 2 atom stereocenters. The summed E-state index contributed by atoms with van der Waals surface area (Å²) in [4.78, 5) is 0. The standard InChI is InChI=1S/C15H23NO2/c1-3-17-14-7-4-6-13(10-14)12(2)16-11-15-8-5-9-18-15/h4,6-7,10,12,15-16H,3,5,8-9,11H2,1-2H3/t12-,15-/m0/s1. The lowest BCUT2D eigenvalue weighted by Gasteiger charge is -2.18. The molecule has 18 heavy (non-hydrogen) atoms. The molecule has 3 nitrogen and oxygen atoms in total. The quantitative estimate of drug-likeness (QED) is 0.841. The van der Waals surface area contributed by atoms with Crippen LogP contribution in [0, 0.1) is 0 Å². The summed E-state index contributed by atoms with van der Waals surface area (Å²) < 4.78 is 11.1. The van der Waals surface area contributed by atoms with Crippen LogP contribution in [0.1, 0.15) is 38.3 Å². The molecule has 1 aromatic carbocycles. The van der Waals surface area contributed by atoms with Gasteiger partial charge in [0, 0.05) is 19.2 Å². The Morgan fingerprint density at radius 3 is 3.11 bits per heavy atom. The number of benzene rings is 1. The molecule has 0 aromatic heterocycles. The van der Waals surface area contributed by atoms with Crippen LogP contribution >= 0.6 is 0 Å². The Labute approximate surface area is 109 Å². The van der Waals surface area contributed by atoms with Crippen LogP contribution in [-0.4, -0.2) is 25.9 Å². The van der Waals surface area contributed by atoms with E-state index in [1.54, 1.807) is 0 Å². The summed E-state index contributed by atoms with van der Waals surface area (Å²) in [5.41, 5.74) is 1.26. The van der Waals surface area contributed by atoms with Gasteiger partial charge in [0.05, 0.1) is 12.7 Å². The van der Waals surface area contributed by atoms with Gasteiger partial charge in [-0.3, -0.25) is 0 Å². The van der Waals surface area contributed by atoms with Crippen LogP contribution < -0.4 is 10.1 Å². The minimum Gasteiger partial charge on any atom is -0.494 e. The molecule has 1 N–H and O–H groups in total. The van der Waals surface area contributed by atoms with Crippen molar-refractivity contribution in [2.45, 2.75) is 38.8 Å². The van der Waals surface area contributed by atoms with Crippen molar-refractivity contribution in [1.82, 2.24) is 5.32 Å². The molecule has 100 valence electrons. The van der Waals surface area contributed by atoms with Gasteiger partial charge in [-0.05, 0) is 44.4 Å². The maximum Gasteiger partial charge on any atom is 0.119 e. The highest BCUT2D eigenvalue weighted by molar-refractivity contribution is 5.30. The van der Waals surface area contributed by atoms with Gasteiger partial charge >= 0.3 is 0 Å². The Kier molecular flexibility index (Phi) is 5.02. The second kappa shape index (κ2) is 6.76. The van der Waals surface area contributed by atoms with Crippen molar-refractivity contribution < 1.29 is 9.47 Å². The highest BCUT2D eigenvalue weighted by atomic mass is 16.5. The molecule has 1 aliphatic rings. The fraction of sp³-hybridized carbons (Fsp3) is 0.600. The Morgan fingerprint density at radius 1 is 1.50 bits per heavy atom. The fourth-order valence-corrected chi connectivity index (χ4v) is 2.27. The van der Waals surface area contributed by atoms with E-state index in [0.717, 1.165) is 18.9 Å². The van der Waals surface area contributed by atoms with E-state index in [0.29, 0.717) is 18.8 Å². The number of hydrogen-bond donors (Lipinski definition) is 1. The van der Waals surface area contributed by atoms with Gasteiger partial charge in [0.2, 0.25) is 0 Å². The van der Waals surface area contributed by atoms with Crippen LogP contribution in [0.3, 0.4) is 0 Å². The third-order valence-electron chi connectivity index (χ3n) is 3.34. The topological polar surface area (TPSA) is 30.5 Å². The first-order valence-electron chi connectivity index (χ1n) is 6.87. The van der Waals surface area contributed by atoms with Crippen LogP contribution in [0.5, 0.6) is 5.75 Å². The van der Waals surface area contributed by atoms with Crippen molar-refractivity contribution >= 4 is 0 Å². The summed E-state index contributed by atoms with van der Waals surface area (Å²) in [6.07, 6.45) is 2.77. The van der Waals surface area contributed by atoms with Crippen molar-refractivity contribution in [2.24, 2.45) is 0 Å². The Hall–Kier alpha value is -1.06. The molecule has 0 saturated carbocycles. The molecule has 1 aliphatic heterocycles. The lowest BCUT2D eigenvalue weighted by atomic mass is 10.1. The van der Waals surface area contributed by atoms with Crippen LogP contribution in [0.25, 0.3) is 0 Å². The zero-order valence-corrected chi connectivity index (χ0v) is 11.3. The highest BCUT2D eigenvalue weighted by Gasteiger charge is 2.16. The lowest BCUT2D eigenvalue weighted by molar-refractivity contribution is 0.108. The zero-order chi connectivity index (χ0) is 12.8. The summed E-state index contributed by atoms with van der Waals surface area (Å²) in [6, 6.07) is 8.62. The Balaban J connectivity index is 1.86. The van der Waals surface area contributed by atoms with E-state index < -0.39 is 0 Å². The summed E-state index contributed by atoms with van der Waals surface area (Å²) in [5.74, 6) is 0.945. The summed E-state index contributed by atoms with van der Waals surface area (Å²) in [7, 11) is 0. The molecule has 2 rings (SSSR count). The summed E-state index contributed by atoms with van der Waals surface area (Å²) >= 11 is 0. The van der Waals surface area contributed by atoms with Crippen LogP contribution in [0.2, 0.25) is 0 Å². The molecule has 1 saturated heterocycles. The van der Waals surface area contributed by atoms with E-state index in [9.17, 15) is 0 Å². The fourth-order valence-electron chi connectivity index (χ4n) is 2.27. The van der Waals surface area contributed by atoms with Gasteiger partial charge in [-0.15, -0.1) is 0 Å². The van der Waals surface area contributed by atoms with Gasteiger partial charge in [0.15, 0.2) is 0 Å². The SMILES string of the molecule is CCOc1cccc([C@H](C)NC[C@@H]2CCCO2)c1. The van der Waals surface area contributed by atoms with Gasteiger partial charge in [0.1, 0.15) is 5.75 Å². The minimum atomic E-state index is 0.328. The van der Waals surface area contributed by atoms with Crippen LogP contribution in [0.4, 0.5) is 0 Å². The van der Waals surface area contributed by atoms with Crippen molar-refractivity contribution in [3.63, 3.8) is 0 Å². The number of nitrogens with one attached hydrogen (secondary N) is 1. The molecular weight excluding hydrogens is 226 g/mol. The van der Waals surface area contributed by atoms with E-state index >= 15 is 0 Å². The predicted octanol–water partition coefficient (Wildman–Crippen LogP) is 2.91. The Bertz CT molecular complexity index is 361. The smallest absolute Gasteiger partial charge is 0.119 e. The highest BCUT2D eigenvalue weighted by Crippen LogP contribution is 2.20. The first kappa shape index (κ1) is 13.4. The second-order valence-electron chi connectivity index (χ2n) is 4.77. The average Bonchev–Trinajstić information content (AvgIpc) is 2.90. The molecule has 3 heteroatoms. The van der Waals surface area contributed by atoms with Crippen LogP contribution in [0.15, 0.2) is 24.3 Å². The molecule has 0 unspecified atom stereocenters. The van der Waals surface area contributed by atoms with Crippen molar-refractivity contribution in [1.29, 1.82) is 0 Å². The van der Waals surface area contributed by atoms with Crippen molar-refractivity contribution in [2.75, 3.05) is 19.8 Å². The molecule has 0 aliphatic carbocycles. The summed E-state index contributed by atoms with van der Waals surface area (Å²) in [5, 5.41) is 3.53. The molecule has 0 amide bonds. The lowest BCUT2D eigenvalue weighted by Crippen LogP contribution is -2.28. The molecule has 0 spiro atoms.